The Bertz CT molecular complexity index is 408. The molecule has 0 amide bonds. The number of quaternary nitrogens is 1. The van der Waals surface area contributed by atoms with Crippen LogP contribution in [0.25, 0.3) is 0 Å². The number of ether oxygens (including phenoxy) is 2. The summed E-state index contributed by atoms with van der Waals surface area (Å²) in [4.78, 5) is 13.0. The fourth-order valence-corrected chi connectivity index (χ4v) is 2.60. The second-order valence-corrected chi connectivity index (χ2v) is 5.28. The summed E-state index contributed by atoms with van der Waals surface area (Å²) < 4.78 is 10.4. The highest BCUT2D eigenvalue weighted by molar-refractivity contribution is 5.89. The molecule has 1 aliphatic heterocycles. The Morgan fingerprint density at radius 1 is 1.10 bits per heavy atom. The first kappa shape index (κ1) is 14.9. The summed E-state index contributed by atoms with van der Waals surface area (Å²) in [5, 5.41) is 0. The maximum Gasteiger partial charge on any atom is 0.337 e. The maximum absolute atomic E-state index is 11.3. The minimum atomic E-state index is -0.314. The second-order valence-electron chi connectivity index (χ2n) is 5.28. The zero-order valence-corrected chi connectivity index (χ0v) is 12.2. The lowest BCUT2D eigenvalue weighted by Gasteiger charge is -2.17. The summed E-state index contributed by atoms with van der Waals surface area (Å²) >= 11 is 0. The van der Waals surface area contributed by atoms with E-state index in [1.54, 1.807) is 17.0 Å². The second kappa shape index (κ2) is 7.90. The summed E-state index contributed by atoms with van der Waals surface area (Å²) in [7, 11) is 1.39. The molecule has 110 valence electrons. The lowest BCUT2D eigenvalue weighted by atomic mass is 10.2. The van der Waals surface area contributed by atoms with Crippen LogP contribution in [0.1, 0.15) is 36.0 Å². The number of benzene rings is 1. The molecule has 0 atom stereocenters. The molecule has 0 spiro atoms. The summed E-state index contributed by atoms with van der Waals surface area (Å²) in [6, 6.07) is 7.12. The van der Waals surface area contributed by atoms with Gasteiger partial charge in [-0.25, -0.2) is 4.79 Å². The minimum absolute atomic E-state index is 0.314. The third-order valence-electron chi connectivity index (χ3n) is 3.81. The fourth-order valence-electron chi connectivity index (χ4n) is 2.60. The van der Waals surface area contributed by atoms with Crippen LogP contribution in [-0.4, -0.2) is 39.3 Å². The molecule has 0 unspecified atom stereocenters. The normalized spacial score (nSPS) is 16.4. The molecule has 4 heteroatoms. The molecule has 20 heavy (non-hydrogen) atoms. The molecule has 0 saturated carbocycles. The number of esters is 1. The van der Waals surface area contributed by atoms with E-state index in [1.165, 1.54) is 45.9 Å². The van der Waals surface area contributed by atoms with E-state index in [0.29, 0.717) is 5.56 Å². The molecule has 1 fully saturated rings. The van der Waals surface area contributed by atoms with Crippen molar-refractivity contribution in [2.75, 3.05) is 33.4 Å². The van der Waals surface area contributed by atoms with Gasteiger partial charge in [0, 0.05) is 0 Å². The Morgan fingerprint density at radius 3 is 2.35 bits per heavy atom. The molecule has 0 aromatic heterocycles. The molecule has 1 aliphatic rings. The van der Waals surface area contributed by atoms with E-state index in [-0.39, 0.29) is 5.97 Å². The maximum atomic E-state index is 11.3. The third-order valence-corrected chi connectivity index (χ3v) is 3.81. The largest absolute Gasteiger partial charge is 0.488 e. The molecule has 1 saturated heterocycles. The van der Waals surface area contributed by atoms with Crippen LogP contribution in [0.5, 0.6) is 5.75 Å². The van der Waals surface area contributed by atoms with E-state index < -0.39 is 0 Å². The number of methoxy groups -OCH3 is 1. The lowest BCUT2D eigenvalue weighted by molar-refractivity contribution is -0.899. The van der Waals surface area contributed by atoms with Gasteiger partial charge in [-0.2, -0.15) is 0 Å². The van der Waals surface area contributed by atoms with E-state index in [9.17, 15) is 4.79 Å². The average Bonchev–Trinajstić information content (AvgIpc) is 2.76. The van der Waals surface area contributed by atoms with Gasteiger partial charge in [0.25, 0.3) is 0 Å². The first-order chi connectivity index (χ1) is 9.79. The third kappa shape index (κ3) is 4.53. The van der Waals surface area contributed by atoms with Crippen molar-refractivity contribution < 1.29 is 19.2 Å². The molecule has 0 radical (unpaired) electrons. The van der Waals surface area contributed by atoms with Crippen molar-refractivity contribution in [2.24, 2.45) is 0 Å². The summed E-state index contributed by atoms with van der Waals surface area (Å²) in [5.74, 6) is 0.498. The minimum Gasteiger partial charge on any atom is -0.488 e. The van der Waals surface area contributed by atoms with Crippen LogP contribution in [0.3, 0.4) is 0 Å². The topological polar surface area (TPSA) is 40.0 Å². The number of carbonyl (C=O) groups excluding carboxylic acids is 1. The molecule has 0 bridgehead atoms. The monoisotopic (exact) mass is 278 g/mol. The molecule has 4 nitrogen and oxygen atoms in total. The zero-order valence-electron chi connectivity index (χ0n) is 12.2. The molecule has 2 rings (SSSR count). The van der Waals surface area contributed by atoms with Crippen LogP contribution in [0.2, 0.25) is 0 Å². The molecular formula is C16H24NO3+. The van der Waals surface area contributed by atoms with E-state index in [1.807, 2.05) is 12.1 Å². The Morgan fingerprint density at radius 2 is 1.75 bits per heavy atom. The highest BCUT2D eigenvalue weighted by atomic mass is 16.5. The molecule has 1 aromatic carbocycles. The highest BCUT2D eigenvalue weighted by Crippen LogP contribution is 2.12. The first-order valence-electron chi connectivity index (χ1n) is 7.44. The van der Waals surface area contributed by atoms with Crippen molar-refractivity contribution >= 4 is 5.97 Å². The van der Waals surface area contributed by atoms with E-state index in [0.717, 1.165) is 18.9 Å². The van der Waals surface area contributed by atoms with Gasteiger partial charge in [-0.1, -0.05) is 0 Å². The number of carbonyl (C=O) groups is 1. The van der Waals surface area contributed by atoms with Crippen molar-refractivity contribution in [1.82, 2.24) is 0 Å². The van der Waals surface area contributed by atoms with Gasteiger partial charge < -0.3 is 14.4 Å². The van der Waals surface area contributed by atoms with Crippen LogP contribution in [-0.2, 0) is 4.74 Å². The number of likely N-dealkylation sites (tertiary alicyclic amines) is 1. The first-order valence-corrected chi connectivity index (χ1v) is 7.44. The van der Waals surface area contributed by atoms with Crippen molar-refractivity contribution in [3.8, 4) is 5.75 Å². The van der Waals surface area contributed by atoms with Gasteiger partial charge in [0.15, 0.2) is 0 Å². The summed E-state index contributed by atoms with van der Waals surface area (Å²) in [5.41, 5.74) is 0.554. The van der Waals surface area contributed by atoms with Crippen molar-refractivity contribution in [3.63, 3.8) is 0 Å². The molecular weight excluding hydrogens is 254 g/mol. The predicted molar refractivity (Wildman–Crippen MR) is 77.3 cm³/mol. The Hall–Kier alpha value is -1.55. The highest BCUT2D eigenvalue weighted by Gasteiger charge is 2.12. The van der Waals surface area contributed by atoms with Crippen molar-refractivity contribution in [2.45, 2.75) is 25.7 Å². The van der Waals surface area contributed by atoms with E-state index in [2.05, 4.69) is 4.74 Å². The number of rotatable bonds is 5. The molecule has 1 N–H and O–H groups in total. The lowest BCUT2D eigenvalue weighted by Crippen LogP contribution is -3.12. The van der Waals surface area contributed by atoms with Gasteiger partial charge >= 0.3 is 5.97 Å². The fraction of sp³-hybridized carbons (Fsp3) is 0.562. The quantitative estimate of drug-likeness (QED) is 0.826. The molecule has 1 aromatic rings. The molecule has 0 aliphatic carbocycles. The predicted octanol–water partition coefficient (Wildman–Crippen LogP) is 1.31. The summed E-state index contributed by atoms with van der Waals surface area (Å²) in [6.07, 6.45) is 5.42. The number of hydrogen-bond donors (Lipinski definition) is 1. The van der Waals surface area contributed by atoms with Gasteiger partial charge in [0.2, 0.25) is 0 Å². The summed E-state index contributed by atoms with van der Waals surface area (Å²) in [6.45, 7) is 4.32. The number of nitrogens with one attached hydrogen (secondary N) is 1. The van der Waals surface area contributed by atoms with Gasteiger partial charge in [-0.3, -0.25) is 0 Å². The smallest absolute Gasteiger partial charge is 0.337 e. The van der Waals surface area contributed by atoms with Gasteiger partial charge in [0.05, 0.1) is 25.8 Å². The Kier molecular flexibility index (Phi) is 5.87. The van der Waals surface area contributed by atoms with Crippen LogP contribution in [0.4, 0.5) is 0 Å². The number of hydrogen-bond acceptors (Lipinski definition) is 3. The van der Waals surface area contributed by atoms with Crippen LogP contribution >= 0.6 is 0 Å². The average molecular weight is 278 g/mol. The van der Waals surface area contributed by atoms with Crippen molar-refractivity contribution in [3.05, 3.63) is 29.8 Å². The Labute approximate surface area is 120 Å². The van der Waals surface area contributed by atoms with Crippen LogP contribution < -0.4 is 9.64 Å². The molecule has 1 heterocycles. The van der Waals surface area contributed by atoms with Gasteiger partial charge in [0.1, 0.15) is 18.9 Å². The van der Waals surface area contributed by atoms with E-state index in [4.69, 9.17) is 4.74 Å². The zero-order chi connectivity index (χ0) is 14.2. The van der Waals surface area contributed by atoms with Crippen LogP contribution in [0.15, 0.2) is 24.3 Å². The van der Waals surface area contributed by atoms with E-state index >= 15 is 0 Å². The standard InChI is InChI=1S/C16H23NO3/c1-19-16(18)14-6-8-15(9-7-14)20-13-12-17-10-4-2-3-5-11-17/h6-9H,2-5,10-13H2,1H3/p+1. The van der Waals surface area contributed by atoms with Crippen LogP contribution in [0, 0.1) is 0 Å². The van der Waals surface area contributed by atoms with Gasteiger partial charge in [-0.05, 0) is 49.9 Å². The SMILES string of the molecule is COC(=O)c1ccc(OCC[NH+]2CCCCCC2)cc1. The van der Waals surface area contributed by atoms with Crippen molar-refractivity contribution in [1.29, 1.82) is 0 Å². The Balaban J connectivity index is 1.74. The van der Waals surface area contributed by atoms with Gasteiger partial charge in [-0.15, -0.1) is 0 Å².